The zero-order chi connectivity index (χ0) is 18.2. The Balaban J connectivity index is 1.40. The van der Waals surface area contributed by atoms with Crippen molar-refractivity contribution in [3.8, 4) is 11.4 Å². The van der Waals surface area contributed by atoms with Crippen molar-refractivity contribution in [2.45, 2.75) is 19.3 Å². The minimum atomic E-state index is -0.169. The molecule has 0 spiro atoms. The smallest absolute Gasteiger partial charge is 0.228 e. The Labute approximate surface area is 151 Å². The molecule has 1 heterocycles. The summed E-state index contributed by atoms with van der Waals surface area (Å²) in [4.78, 5) is 28.1. The predicted octanol–water partition coefficient (Wildman–Crippen LogP) is 3.06. The number of aromatic nitrogens is 2. The molecule has 0 bridgehead atoms. The van der Waals surface area contributed by atoms with Crippen molar-refractivity contribution in [2.24, 2.45) is 0 Å². The first-order chi connectivity index (χ1) is 12.7. The number of amides is 1. The van der Waals surface area contributed by atoms with E-state index in [1.165, 1.54) is 0 Å². The molecule has 3 aromatic rings. The predicted molar refractivity (Wildman–Crippen MR) is 96.5 cm³/mol. The van der Waals surface area contributed by atoms with Crippen LogP contribution >= 0.6 is 0 Å². The molecule has 0 saturated heterocycles. The van der Waals surface area contributed by atoms with Gasteiger partial charge in [-0.1, -0.05) is 65.8 Å². The molecule has 1 aromatic heterocycles. The maximum Gasteiger partial charge on any atom is 0.228 e. The molecule has 3 rings (SSSR count). The lowest BCUT2D eigenvalue weighted by Crippen LogP contribution is -2.26. The third-order valence-corrected chi connectivity index (χ3v) is 3.84. The number of hydrogen-bond acceptors (Lipinski definition) is 5. The Morgan fingerprint density at radius 1 is 0.923 bits per heavy atom. The third kappa shape index (κ3) is 4.86. The summed E-state index contributed by atoms with van der Waals surface area (Å²) in [6.45, 7) is 0.384. The van der Waals surface area contributed by atoms with E-state index >= 15 is 0 Å². The largest absolute Gasteiger partial charge is 0.356 e. The van der Waals surface area contributed by atoms with E-state index in [9.17, 15) is 9.59 Å². The first-order valence-corrected chi connectivity index (χ1v) is 8.45. The van der Waals surface area contributed by atoms with Crippen molar-refractivity contribution >= 4 is 11.7 Å². The van der Waals surface area contributed by atoms with Crippen molar-refractivity contribution in [2.75, 3.05) is 6.54 Å². The lowest BCUT2D eigenvalue weighted by atomic mass is 10.1. The number of nitrogens with one attached hydrogen (secondary N) is 1. The minimum absolute atomic E-state index is 0.0369. The lowest BCUT2D eigenvalue weighted by molar-refractivity contribution is -0.121. The first-order valence-electron chi connectivity index (χ1n) is 8.45. The summed E-state index contributed by atoms with van der Waals surface area (Å²) in [5.41, 5.74) is 1.51. The molecular weight excluding hydrogens is 330 g/mol. The summed E-state index contributed by atoms with van der Waals surface area (Å²) in [6.07, 6.45) is 0.791. The van der Waals surface area contributed by atoms with E-state index in [4.69, 9.17) is 4.52 Å². The van der Waals surface area contributed by atoms with Crippen LogP contribution in [0.25, 0.3) is 11.4 Å². The highest BCUT2D eigenvalue weighted by Crippen LogP contribution is 2.14. The Morgan fingerprint density at radius 2 is 1.62 bits per heavy atom. The SMILES string of the molecule is O=C(CCC(=O)c1ccccc1)NCCc1nc(-c2ccccc2)no1. The molecule has 0 aliphatic carbocycles. The van der Waals surface area contributed by atoms with E-state index in [-0.39, 0.29) is 24.5 Å². The van der Waals surface area contributed by atoms with E-state index in [1.807, 2.05) is 36.4 Å². The fourth-order valence-electron chi connectivity index (χ4n) is 2.45. The van der Waals surface area contributed by atoms with Crippen LogP contribution in [0.1, 0.15) is 29.1 Å². The van der Waals surface area contributed by atoms with Crippen LogP contribution in [-0.2, 0) is 11.2 Å². The molecule has 0 aliphatic heterocycles. The molecule has 0 radical (unpaired) electrons. The minimum Gasteiger partial charge on any atom is -0.356 e. The quantitative estimate of drug-likeness (QED) is 0.632. The van der Waals surface area contributed by atoms with Gasteiger partial charge in [0, 0.05) is 36.9 Å². The molecule has 0 atom stereocenters. The summed E-state index contributed by atoms with van der Waals surface area (Å²) in [6, 6.07) is 18.5. The Hall–Kier alpha value is -3.28. The van der Waals surface area contributed by atoms with Crippen LogP contribution in [0, 0.1) is 0 Å². The molecule has 1 N–H and O–H groups in total. The maximum absolute atomic E-state index is 12.0. The third-order valence-electron chi connectivity index (χ3n) is 3.84. The first kappa shape index (κ1) is 17.5. The van der Waals surface area contributed by atoms with Crippen LogP contribution in [0.15, 0.2) is 65.2 Å². The van der Waals surface area contributed by atoms with E-state index in [0.29, 0.717) is 30.2 Å². The molecule has 6 heteroatoms. The number of Topliss-reactive ketones (excluding diaryl/α,β-unsaturated/α-hetero) is 1. The van der Waals surface area contributed by atoms with E-state index in [0.717, 1.165) is 5.56 Å². The normalized spacial score (nSPS) is 10.5. The summed E-state index contributed by atoms with van der Waals surface area (Å²) in [5.74, 6) is 0.784. The van der Waals surface area contributed by atoms with Crippen molar-refractivity contribution in [1.29, 1.82) is 0 Å². The Kier molecular flexibility index (Phi) is 5.88. The molecule has 6 nitrogen and oxygen atoms in total. The van der Waals surface area contributed by atoms with E-state index in [1.54, 1.807) is 24.3 Å². The second-order valence-corrected chi connectivity index (χ2v) is 5.77. The summed E-state index contributed by atoms with van der Waals surface area (Å²) in [7, 11) is 0. The molecule has 0 aliphatic rings. The zero-order valence-corrected chi connectivity index (χ0v) is 14.2. The van der Waals surface area contributed by atoms with Gasteiger partial charge in [0.15, 0.2) is 5.78 Å². The maximum atomic E-state index is 12.0. The van der Waals surface area contributed by atoms with E-state index < -0.39 is 0 Å². The van der Waals surface area contributed by atoms with Crippen molar-refractivity contribution in [1.82, 2.24) is 15.5 Å². The van der Waals surface area contributed by atoms with Crippen LogP contribution in [0.2, 0.25) is 0 Å². The van der Waals surface area contributed by atoms with Gasteiger partial charge in [0.25, 0.3) is 0 Å². The average molecular weight is 349 g/mol. The van der Waals surface area contributed by atoms with E-state index in [2.05, 4.69) is 15.5 Å². The fraction of sp³-hybridized carbons (Fsp3) is 0.200. The number of nitrogens with zero attached hydrogens (tertiary/aromatic N) is 2. The van der Waals surface area contributed by atoms with Crippen LogP contribution in [0.4, 0.5) is 0 Å². The highest BCUT2D eigenvalue weighted by atomic mass is 16.5. The van der Waals surface area contributed by atoms with Crippen LogP contribution in [-0.4, -0.2) is 28.4 Å². The van der Waals surface area contributed by atoms with Crippen LogP contribution < -0.4 is 5.32 Å². The highest BCUT2D eigenvalue weighted by molar-refractivity contribution is 5.97. The average Bonchev–Trinajstić information content (AvgIpc) is 3.16. The fourth-order valence-corrected chi connectivity index (χ4v) is 2.45. The molecule has 1 amide bonds. The number of benzene rings is 2. The van der Waals surface area contributed by atoms with Gasteiger partial charge >= 0.3 is 0 Å². The van der Waals surface area contributed by atoms with Gasteiger partial charge in [-0.25, -0.2) is 0 Å². The van der Waals surface area contributed by atoms with Gasteiger partial charge < -0.3 is 9.84 Å². The molecule has 2 aromatic carbocycles. The van der Waals surface area contributed by atoms with Crippen LogP contribution in [0.3, 0.4) is 0 Å². The summed E-state index contributed by atoms with van der Waals surface area (Å²) >= 11 is 0. The van der Waals surface area contributed by atoms with Gasteiger partial charge in [0.2, 0.25) is 17.6 Å². The number of carbonyl (C=O) groups excluding carboxylic acids is 2. The second-order valence-electron chi connectivity index (χ2n) is 5.77. The number of ketones is 1. The van der Waals surface area contributed by atoms with Gasteiger partial charge in [-0.2, -0.15) is 4.98 Å². The molecule has 132 valence electrons. The Morgan fingerprint density at radius 3 is 2.35 bits per heavy atom. The monoisotopic (exact) mass is 349 g/mol. The van der Waals surface area contributed by atoms with Gasteiger partial charge in [-0.3, -0.25) is 9.59 Å². The molecule has 0 unspecified atom stereocenters. The van der Waals surface area contributed by atoms with Gasteiger partial charge in [0.1, 0.15) is 0 Å². The molecule has 26 heavy (non-hydrogen) atoms. The number of rotatable bonds is 8. The summed E-state index contributed by atoms with van der Waals surface area (Å²) < 4.78 is 5.19. The van der Waals surface area contributed by atoms with Crippen molar-refractivity contribution < 1.29 is 14.1 Å². The lowest BCUT2D eigenvalue weighted by Gasteiger charge is -2.03. The van der Waals surface area contributed by atoms with Crippen LogP contribution in [0.5, 0.6) is 0 Å². The van der Waals surface area contributed by atoms with Crippen molar-refractivity contribution in [3.63, 3.8) is 0 Å². The second kappa shape index (κ2) is 8.71. The molecule has 0 fully saturated rings. The summed E-state index contributed by atoms with van der Waals surface area (Å²) in [5, 5.41) is 6.70. The number of hydrogen-bond donors (Lipinski definition) is 1. The van der Waals surface area contributed by atoms with Gasteiger partial charge in [-0.05, 0) is 0 Å². The van der Waals surface area contributed by atoms with Gasteiger partial charge in [0.05, 0.1) is 0 Å². The highest BCUT2D eigenvalue weighted by Gasteiger charge is 2.11. The molecular formula is C20H19N3O3. The van der Waals surface area contributed by atoms with Gasteiger partial charge in [-0.15, -0.1) is 0 Å². The standard InChI is InChI=1S/C20H19N3O3/c24-17(15-7-3-1-4-8-15)11-12-18(25)21-14-13-19-22-20(23-26-19)16-9-5-2-6-10-16/h1-10H,11-14H2,(H,21,25). The van der Waals surface area contributed by atoms with Crippen molar-refractivity contribution in [3.05, 3.63) is 72.1 Å². The number of carbonyl (C=O) groups is 2. The zero-order valence-electron chi connectivity index (χ0n) is 14.2. The molecule has 0 saturated carbocycles. The Bertz CT molecular complexity index is 860. The topological polar surface area (TPSA) is 85.1 Å².